The fraction of sp³-hybridized carbons (Fsp3) is 0.458. The van der Waals surface area contributed by atoms with E-state index in [4.69, 9.17) is 16.6 Å². The molecule has 2 aromatic heterocycles. The molecule has 0 bridgehead atoms. The summed E-state index contributed by atoms with van der Waals surface area (Å²) in [6.07, 6.45) is 4.70. The number of hydrogen-bond donors (Lipinski definition) is 2. The van der Waals surface area contributed by atoms with Crippen molar-refractivity contribution in [1.82, 2.24) is 19.8 Å². The number of fused-ring (bicyclic) bond motifs is 1. The van der Waals surface area contributed by atoms with E-state index < -0.39 is 0 Å². The third-order valence-electron chi connectivity index (χ3n) is 6.24. The van der Waals surface area contributed by atoms with Gasteiger partial charge in [0.05, 0.1) is 16.1 Å². The molecule has 2 aliphatic rings. The Morgan fingerprint density at radius 1 is 1.21 bits per heavy atom. The zero-order valence-electron chi connectivity index (χ0n) is 18.8. The number of anilines is 2. The SMILES string of the molecule is CN1CCN(CCCNc2ncc(Cl)c(-c3cc4ccc(NC(=O)C5CC5)cc4s3)n2)CC1. The minimum Gasteiger partial charge on any atom is -0.354 e. The molecule has 3 heterocycles. The quantitative estimate of drug-likeness (QED) is 0.461. The fourth-order valence-corrected chi connectivity index (χ4v) is 5.37. The van der Waals surface area contributed by atoms with Gasteiger partial charge < -0.3 is 20.4 Å². The van der Waals surface area contributed by atoms with Crippen molar-refractivity contribution in [2.45, 2.75) is 19.3 Å². The number of halogens is 1. The van der Waals surface area contributed by atoms with Crippen LogP contribution in [0.2, 0.25) is 5.02 Å². The molecule has 1 aliphatic heterocycles. The Bertz CT molecular complexity index is 1140. The summed E-state index contributed by atoms with van der Waals surface area (Å²) in [5, 5.41) is 8.01. The molecule has 0 radical (unpaired) electrons. The zero-order chi connectivity index (χ0) is 22.8. The average molecular weight is 485 g/mol. The molecular formula is C24H29ClN6OS. The van der Waals surface area contributed by atoms with Gasteiger partial charge in [-0.05, 0) is 56.4 Å². The van der Waals surface area contributed by atoms with Crippen molar-refractivity contribution in [2.75, 3.05) is 56.9 Å². The van der Waals surface area contributed by atoms with Gasteiger partial charge in [0.25, 0.3) is 0 Å². The van der Waals surface area contributed by atoms with Gasteiger partial charge in [-0.2, -0.15) is 0 Å². The first kappa shape index (κ1) is 22.5. The maximum absolute atomic E-state index is 12.1. The van der Waals surface area contributed by atoms with Gasteiger partial charge in [0.15, 0.2) is 0 Å². The van der Waals surface area contributed by atoms with Crippen molar-refractivity contribution in [3.8, 4) is 10.6 Å². The molecule has 1 amide bonds. The molecule has 7 nitrogen and oxygen atoms in total. The van der Waals surface area contributed by atoms with Gasteiger partial charge in [-0.3, -0.25) is 4.79 Å². The standard InChI is InChI=1S/C24H29ClN6OS/c1-30-9-11-31(12-10-30)8-2-7-26-24-27-15-19(25)22(29-24)21-13-17-5-6-18(14-20(17)33-21)28-23(32)16-3-4-16/h5-6,13-16H,2-4,7-12H2,1H3,(H,28,32)(H,26,27,29). The number of likely N-dealkylation sites (N-methyl/N-ethyl adjacent to an activating group) is 1. The Morgan fingerprint density at radius 3 is 2.82 bits per heavy atom. The third kappa shape index (κ3) is 5.63. The highest BCUT2D eigenvalue weighted by atomic mass is 35.5. The lowest BCUT2D eigenvalue weighted by Gasteiger charge is -2.32. The third-order valence-corrected chi connectivity index (χ3v) is 7.62. The molecule has 1 aliphatic carbocycles. The van der Waals surface area contributed by atoms with Gasteiger partial charge in [0.2, 0.25) is 11.9 Å². The number of carbonyl (C=O) groups is 1. The van der Waals surface area contributed by atoms with E-state index in [0.29, 0.717) is 11.0 Å². The predicted molar refractivity (Wildman–Crippen MR) is 136 cm³/mol. The van der Waals surface area contributed by atoms with Crippen molar-refractivity contribution >= 4 is 50.6 Å². The van der Waals surface area contributed by atoms with Crippen molar-refractivity contribution in [3.05, 3.63) is 35.5 Å². The highest BCUT2D eigenvalue weighted by molar-refractivity contribution is 7.22. The van der Waals surface area contributed by atoms with Gasteiger partial charge in [-0.1, -0.05) is 17.7 Å². The predicted octanol–water partition coefficient (Wildman–Crippen LogP) is 4.41. The van der Waals surface area contributed by atoms with Crippen molar-refractivity contribution in [1.29, 1.82) is 0 Å². The number of amides is 1. The maximum atomic E-state index is 12.1. The second-order valence-electron chi connectivity index (χ2n) is 8.94. The molecule has 2 N–H and O–H groups in total. The van der Waals surface area contributed by atoms with Gasteiger partial charge in [-0.15, -0.1) is 11.3 Å². The molecule has 0 unspecified atom stereocenters. The number of aromatic nitrogens is 2. The number of thiophene rings is 1. The summed E-state index contributed by atoms with van der Waals surface area (Å²) in [7, 11) is 2.18. The number of rotatable bonds is 8. The normalized spacial score (nSPS) is 17.4. The molecule has 1 saturated carbocycles. The van der Waals surface area contributed by atoms with E-state index in [1.54, 1.807) is 17.5 Å². The van der Waals surface area contributed by atoms with Gasteiger partial charge in [0.1, 0.15) is 5.69 Å². The zero-order valence-corrected chi connectivity index (χ0v) is 20.4. The first-order chi connectivity index (χ1) is 16.0. The number of benzene rings is 1. The summed E-state index contributed by atoms with van der Waals surface area (Å²) >= 11 is 8.08. The van der Waals surface area contributed by atoms with E-state index in [0.717, 1.165) is 84.9 Å². The molecular weight excluding hydrogens is 456 g/mol. The molecule has 2 fully saturated rings. The molecule has 1 aromatic carbocycles. The number of piperazine rings is 1. The molecule has 0 spiro atoms. The van der Waals surface area contributed by atoms with Crippen LogP contribution in [0.3, 0.4) is 0 Å². The number of nitrogens with one attached hydrogen (secondary N) is 2. The van der Waals surface area contributed by atoms with Gasteiger partial charge in [-0.25, -0.2) is 9.97 Å². The Morgan fingerprint density at radius 2 is 2.03 bits per heavy atom. The van der Waals surface area contributed by atoms with Crippen LogP contribution in [-0.4, -0.2) is 72.0 Å². The van der Waals surface area contributed by atoms with Crippen molar-refractivity contribution < 1.29 is 4.79 Å². The largest absolute Gasteiger partial charge is 0.354 e. The molecule has 5 rings (SSSR count). The molecule has 9 heteroatoms. The first-order valence-electron chi connectivity index (χ1n) is 11.6. The van der Waals surface area contributed by atoms with E-state index in [1.807, 2.05) is 18.2 Å². The lowest BCUT2D eigenvalue weighted by molar-refractivity contribution is -0.117. The lowest BCUT2D eigenvalue weighted by atomic mass is 10.2. The Labute approximate surface area is 203 Å². The molecule has 3 aromatic rings. The smallest absolute Gasteiger partial charge is 0.227 e. The topological polar surface area (TPSA) is 73.4 Å². The lowest BCUT2D eigenvalue weighted by Crippen LogP contribution is -2.44. The summed E-state index contributed by atoms with van der Waals surface area (Å²) in [5.41, 5.74) is 1.57. The number of nitrogens with zero attached hydrogens (tertiary/aromatic N) is 4. The highest BCUT2D eigenvalue weighted by Gasteiger charge is 2.29. The Hall–Kier alpha value is -2.26. The van der Waals surface area contributed by atoms with E-state index >= 15 is 0 Å². The minimum absolute atomic E-state index is 0.119. The van der Waals surface area contributed by atoms with E-state index in [-0.39, 0.29) is 11.8 Å². The number of hydrogen-bond acceptors (Lipinski definition) is 7. The maximum Gasteiger partial charge on any atom is 0.227 e. The van der Waals surface area contributed by atoms with E-state index in [2.05, 4.69) is 38.5 Å². The van der Waals surface area contributed by atoms with E-state index in [1.165, 1.54) is 0 Å². The summed E-state index contributed by atoms with van der Waals surface area (Å²) in [5.74, 6) is 0.905. The summed E-state index contributed by atoms with van der Waals surface area (Å²) in [4.78, 5) is 27.0. The first-order valence-corrected chi connectivity index (χ1v) is 12.8. The van der Waals surface area contributed by atoms with Crippen LogP contribution in [0.1, 0.15) is 19.3 Å². The summed E-state index contributed by atoms with van der Waals surface area (Å²) in [6, 6.07) is 8.10. The second-order valence-corrected chi connectivity index (χ2v) is 10.4. The van der Waals surface area contributed by atoms with Crippen LogP contribution in [0.15, 0.2) is 30.5 Å². The van der Waals surface area contributed by atoms with Crippen LogP contribution in [-0.2, 0) is 4.79 Å². The summed E-state index contributed by atoms with van der Waals surface area (Å²) < 4.78 is 1.09. The molecule has 33 heavy (non-hydrogen) atoms. The van der Waals surface area contributed by atoms with Gasteiger partial charge >= 0.3 is 0 Å². The summed E-state index contributed by atoms with van der Waals surface area (Å²) in [6.45, 7) is 6.45. The van der Waals surface area contributed by atoms with Crippen LogP contribution in [0, 0.1) is 5.92 Å². The van der Waals surface area contributed by atoms with Gasteiger partial charge in [0, 0.05) is 49.0 Å². The van der Waals surface area contributed by atoms with Crippen LogP contribution in [0.25, 0.3) is 20.7 Å². The fourth-order valence-electron chi connectivity index (χ4n) is 4.01. The monoisotopic (exact) mass is 484 g/mol. The molecule has 1 saturated heterocycles. The Kier molecular flexibility index (Phi) is 6.78. The van der Waals surface area contributed by atoms with Crippen molar-refractivity contribution in [3.63, 3.8) is 0 Å². The van der Waals surface area contributed by atoms with Crippen LogP contribution < -0.4 is 10.6 Å². The average Bonchev–Trinajstić information content (AvgIpc) is 3.58. The minimum atomic E-state index is 0.119. The molecule has 0 atom stereocenters. The molecule has 174 valence electrons. The van der Waals surface area contributed by atoms with Crippen LogP contribution in [0.5, 0.6) is 0 Å². The highest BCUT2D eigenvalue weighted by Crippen LogP contribution is 2.37. The number of carbonyl (C=O) groups excluding carboxylic acids is 1. The Balaban J connectivity index is 1.23. The van der Waals surface area contributed by atoms with Crippen molar-refractivity contribution in [2.24, 2.45) is 5.92 Å². The van der Waals surface area contributed by atoms with E-state index in [9.17, 15) is 4.79 Å². The second kappa shape index (κ2) is 9.93. The van der Waals surface area contributed by atoms with Crippen LogP contribution >= 0.6 is 22.9 Å². The van der Waals surface area contributed by atoms with Crippen LogP contribution in [0.4, 0.5) is 11.6 Å².